The molecule has 3 nitrogen and oxygen atoms in total. The number of benzene rings is 2. The molecule has 5 heteroatoms. The van der Waals surface area contributed by atoms with Crippen molar-refractivity contribution in [1.82, 2.24) is 10.9 Å². The summed E-state index contributed by atoms with van der Waals surface area (Å²) < 4.78 is 13.5. The topological polar surface area (TPSA) is 44.3 Å². The van der Waals surface area contributed by atoms with Crippen LogP contribution in [0.3, 0.4) is 0 Å². The number of hydrogen-bond acceptors (Lipinski definition) is 4. The maximum Gasteiger partial charge on any atom is 0.125 e. The fourth-order valence-electron chi connectivity index (χ4n) is 3.16. The summed E-state index contributed by atoms with van der Waals surface area (Å²) in [6.45, 7) is 5.95. The molecule has 2 aromatic carbocycles. The van der Waals surface area contributed by atoms with Crippen LogP contribution in [0.15, 0.2) is 30.3 Å². The van der Waals surface area contributed by atoms with E-state index in [0.29, 0.717) is 0 Å². The molecule has 0 aliphatic carbocycles. The largest absolute Gasteiger partial charge is 0.507 e. The highest BCUT2D eigenvalue weighted by Gasteiger charge is 2.27. The van der Waals surface area contributed by atoms with Crippen LogP contribution in [0.1, 0.15) is 34.7 Å². The van der Waals surface area contributed by atoms with E-state index in [1.807, 2.05) is 19.9 Å². The molecule has 1 atom stereocenters. The summed E-state index contributed by atoms with van der Waals surface area (Å²) in [4.78, 5) is 0. The van der Waals surface area contributed by atoms with Crippen molar-refractivity contribution >= 4 is 23.9 Å². The number of aryl methyl sites for hydroxylation is 3. The van der Waals surface area contributed by atoms with Gasteiger partial charge in [0.2, 0.25) is 0 Å². The summed E-state index contributed by atoms with van der Waals surface area (Å²) >= 11 is 4.58. The first kappa shape index (κ1) is 16.9. The van der Waals surface area contributed by atoms with Gasteiger partial charge in [0.15, 0.2) is 0 Å². The Kier molecular flexibility index (Phi) is 4.56. The molecular formula is C19H21FN2OS. The minimum absolute atomic E-state index is 0.216. The number of hydrogen-bond donors (Lipinski definition) is 4. The van der Waals surface area contributed by atoms with Gasteiger partial charge in [-0.1, -0.05) is 13.0 Å². The van der Waals surface area contributed by atoms with Crippen molar-refractivity contribution in [1.29, 1.82) is 0 Å². The van der Waals surface area contributed by atoms with Crippen LogP contribution in [0.5, 0.6) is 5.75 Å². The molecule has 1 aliphatic rings. The Morgan fingerprint density at radius 3 is 2.54 bits per heavy atom. The summed E-state index contributed by atoms with van der Waals surface area (Å²) in [5.41, 5.74) is 12.6. The van der Waals surface area contributed by atoms with E-state index in [9.17, 15) is 9.50 Å². The molecule has 3 N–H and O–H groups in total. The second kappa shape index (κ2) is 6.49. The van der Waals surface area contributed by atoms with E-state index in [1.54, 1.807) is 12.1 Å². The lowest BCUT2D eigenvalue weighted by molar-refractivity contribution is 0.472. The van der Waals surface area contributed by atoms with Gasteiger partial charge < -0.3 is 10.5 Å². The molecule has 1 heterocycles. The Hall–Kier alpha value is -1.98. The molecule has 1 aliphatic heterocycles. The van der Waals surface area contributed by atoms with E-state index < -0.39 is 0 Å². The number of thiol groups is 1. The molecule has 0 spiro atoms. The number of halogens is 1. The van der Waals surface area contributed by atoms with Crippen molar-refractivity contribution < 1.29 is 9.50 Å². The van der Waals surface area contributed by atoms with Gasteiger partial charge in [0.1, 0.15) is 11.6 Å². The Labute approximate surface area is 147 Å². The van der Waals surface area contributed by atoms with Crippen molar-refractivity contribution in [2.45, 2.75) is 32.6 Å². The minimum Gasteiger partial charge on any atom is -0.507 e. The highest BCUT2D eigenvalue weighted by Crippen LogP contribution is 2.38. The molecule has 1 unspecified atom stereocenters. The van der Waals surface area contributed by atoms with E-state index in [4.69, 9.17) is 0 Å². The molecule has 24 heavy (non-hydrogen) atoms. The quantitative estimate of drug-likeness (QED) is 0.638. The summed E-state index contributed by atoms with van der Waals surface area (Å²) in [7, 11) is 0. The highest BCUT2D eigenvalue weighted by atomic mass is 32.1. The predicted molar refractivity (Wildman–Crippen MR) is 99.2 cm³/mol. The molecule has 3 rings (SSSR count). The summed E-state index contributed by atoms with van der Waals surface area (Å²) in [6.07, 6.45) is 0.884. The maximum atomic E-state index is 13.5. The van der Waals surface area contributed by atoms with E-state index >= 15 is 0 Å². The number of phenolic OH excluding ortho intramolecular Hbond substituents is 1. The first-order valence-electron chi connectivity index (χ1n) is 7.95. The highest BCUT2D eigenvalue weighted by molar-refractivity contribution is 7.81. The number of nitrogens with one attached hydrogen (secondary N) is 2. The smallest absolute Gasteiger partial charge is 0.125 e. The molecule has 0 fully saturated rings. The van der Waals surface area contributed by atoms with E-state index in [2.05, 4.69) is 30.4 Å². The van der Waals surface area contributed by atoms with E-state index in [-0.39, 0.29) is 16.9 Å². The molecule has 2 aromatic rings. The lowest BCUT2D eigenvalue weighted by Gasteiger charge is -2.15. The third kappa shape index (κ3) is 2.89. The van der Waals surface area contributed by atoms with Gasteiger partial charge in [-0.15, -0.1) is 0 Å². The van der Waals surface area contributed by atoms with Crippen LogP contribution in [0.2, 0.25) is 0 Å². The zero-order valence-corrected chi connectivity index (χ0v) is 14.8. The fraction of sp³-hybridized carbons (Fsp3) is 0.263. The number of rotatable bonds is 3. The van der Waals surface area contributed by atoms with Crippen LogP contribution in [0.25, 0.3) is 11.3 Å². The number of phenols is 1. The fourth-order valence-corrected chi connectivity index (χ4v) is 3.49. The van der Waals surface area contributed by atoms with Gasteiger partial charge in [-0.05, 0) is 66.8 Å². The first-order chi connectivity index (χ1) is 11.4. The van der Waals surface area contributed by atoms with Crippen molar-refractivity contribution in [2.24, 2.45) is 0 Å². The van der Waals surface area contributed by atoms with E-state index in [1.165, 1.54) is 17.7 Å². The van der Waals surface area contributed by atoms with Gasteiger partial charge >= 0.3 is 0 Å². The van der Waals surface area contributed by atoms with Crippen molar-refractivity contribution in [3.63, 3.8) is 0 Å². The van der Waals surface area contributed by atoms with Crippen LogP contribution >= 0.6 is 12.6 Å². The van der Waals surface area contributed by atoms with Gasteiger partial charge in [-0.3, -0.25) is 0 Å². The van der Waals surface area contributed by atoms with Gasteiger partial charge in [-0.25, -0.2) is 9.82 Å². The van der Waals surface area contributed by atoms with Gasteiger partial charge in [0.05, 0.1) is 11.1 Å². The normalized spacial score (nSPS) is 17.3. The van der Waals surface area contributed by atoms with Crippen LogP contribution in [0.4, 0.5) is 4.39 Å². The molecule has 0 saturated carbocycles. The molecule has 0 saturated heterocycles. The summed E-state index contributed by atoms with van der Waals surface area (Å²) in [5.74, 6) is -0.0480. The van der Waals surface area contributed by atoms with Gasteiger partial charge in [0.25, 0.3) is 0 Å². The molecule has 0 radical (unpaired) electrons. The number of hydrazine groups is 1. The third-order valence-corrected chi connectivity index (χ3v) is 4.85. The standard InChI is InChI=1S/C19H21FN2OS/c1-4-12-9-15(16(23)8-10(12)2)18-17(19(24)22-21-18)14-6-5-13(20)7-11(14)3/h5-9,19,21-24H,4H2,1-3H3. The maximum absolute atomic E-state index is 13.5. The Morgan fingerprint density at radius 2 is 1.88 bits per heavy atom. The lowest BCUT2D eigenvalue weighted by atomic mass is 9.94. The number of aromatic hydroxyl groups is 1. The Bertz CT molecular complexity index is 832. The average Bonchev–Trinajstić information content (AvgIpc) is 2.89. The van der Waals surface area contributed by atoms with Crippen LogP contribution < -0.4 is 10.9 Å². The SMILES string of the molecule is CCc1cc(C2=C(c3ccc(F)cc3C)C(S)NN2)c(O)cc1C. The molecule has 126 valence electrons. The zero-order valence-electron chi connectivity index (χ0n) is 13.9. The molecular weight excluding hydrogens is 323 g/mol. The monoisotopic (exact) mass is 344 g/mol. The Balaban J connectivity index is 2.22. The van der Waals surface area contributed by atoms with E-state index in [0.717, 1.165) is 39.9 Å². The summed E-state index contributed by atoms with van der Waals surface area (Å²) in [5, 5.41) is 10.2. The first-order valence-corrected chi connectivity index (χ1v) is 8.47. The van der Waals surface area contributed by atoms with Crippen LogP contribution in [-0.2, 0) is 6.42 Å². The summed E-state index contributed by atoms with van der Waals surface area (Å²) in [6, 6.07) is 8.48. The minimum atomic E-state index is -0.264. The van der Waals surface area contributed by atoms with Gasteiger partial charge in [0, 0.05) is 11.1 Å². The van der Waals surface area contributed by atoms with Crippen LogP contribution in [-0.4, -0.2) is 10.5 Å². The molecule has 0 amide bonds. The van der Waals surface area contributed by atoms with Crippen molar-refractivity contribution in [2.75, 3.05) is 0 Å². The second-order valence-electron chi connectivity index (χ2n) is 6.07. The predicted octanol–water partition coefficient (Wildman–Crippen LogP) is 3.94. The third-order valence-electron chi connectivity index (χ3n) is 4.46. The average molecular weight is 344 g/mol. The van der Waals surface area contributed by atoms with Crippen molar-refractivity contribution in [3.05, 3.63) is 64.0 Å². The van der Waals surface area contributed by atoms with Gasteiger partial charge in [-0.2, -0.15) is 12.6 Å². The molecule has 0 aromatic heterocycles. The zero-order chi connectivity index (χ0) is 17.4. The van der Waals surface area contributed by atoms with Crippen molar-refractivity contribution in [3.8, 4) is 5.75 Å². The second-order valence-corrected chi connectivity index (χ2v) is 6.59. The lowest BCUT2D eigenvalue weighted by Crippen LogP contribution is -2.28. The Morgan fingerprint density at radius 1 is 1.12 bits per heavy atom. The molecule has 0 bridgehead atoms. The van der Waals surface area contributed by atoms with Crippen LogP contribution in [0, 0.1) is 19.7 Å².